The van der Waals surface area contributed by atoms with Crippen LogP contribution in [-0.2, 0) is 5.41 Å². The minimum absolute atomic E-state index is 0.110. The van der Waals surface area contributed by atoms with E-state index in [0.29, 0.717) is 11.6 Å². The second-order valence-electron chi connectivity index (χ2n) is 8.35. The highest BCUT2D eigenvalue weighted by Crippen LogP contribution is 2.23. The molecule has 0 radical (unpaired) electrons. The number of piperazine rings is 1. The second-order valence-corrected chi connectivity index (χ2v) is 8.71. The van der Waals surface area contributed by atoms with Gasteiger partial charge in [0.2, 0.25) is 0 Å². The molecule has 1 aromatic carbocycles. The Morgan fingerprint density at radius 1 is 1.04 bits per heavy atom. The van der Waals surface area contributed by atoms with E-state index in [0.717, 1.165) is 50.5 Å². The Labute approximate surface area is 172 Å². The lowest BCUT2D eigenvalue weighted by atomic mass is 9.86. The number of halogens is 1. The van der Waals surface area contributed by atoms with Crippen LogP contribution in [-0.4, -0.2) is 53.4 Å². The summed E-state index contributed by atoms with van der Waals surface area (Å²) in [5, 5.41) is 0.457. The van der Waals surface area contributed by atoms with Gasteiger partial charge < -0.3 is 4.90 Å². The largest absolute Gasteiger partial charge is 0.351 e. The molecule has 0 amide bonds. The number of rotatable bonds is 6. The van der Waals surface area contributed by atoms with Gasteiger partial charge in [-0.25, -0.2) is 9.97 Å². The van der Waals surface area contributed by atoms with E-state index in [1.165, 1.54) is 5.56 Å². The molecule has 0 atom stereocenters. The van der Waals surface area contributed by atoms with Crippen LogP contribution < -0.4 is 4.90 Å². The normalized spacial score (nSPS) is 15.6. The van der Waals surface area contributed by atoms with Gasteiger partial charge in [0.15, 0.2) is 16.8 Å². The highest BCUT2D eigenvalue weighted by molar-refractivity contribution is 6.31. The van der Waals surface area contributed by atoms with Gasteiger partial charge in [0.25, 0.3) is 0 Å². The van der Waals surface area contributed by atoms with Crippen molar-refractivity contribution in [2.75, 3.05) is 37.6 Å². The van der Waals surface area contributed by atoms with Crippen molar-refractivity contribution in [1.82, 2.24) is 14.9 Å². The van der Waals surface area contributed by atoms with Crippen LogP contribution in [0.15, 0.2) is 36.7 Å². The molecule has 0 unspecified atom stereocenters. The Morgan fingerprint density at radius 2 is 1.68 bits per heavy atom. The van der Waals surface area contributed by atoms with Crippen LogP contribution in [0.4, 0.5) is 5.82 Å². The van der Waals surface area contributed by atoms with Crippen molar-refractivity contribution in [3.05, 3.63) is 52.9 Å². The van der Waals surface area contributed by atoms with Crippen molar-refractivity contribution in [1.29, 1.82) is 0 Å². The maximum absolute atomic E-state index is 12.5. The van der Waals surface area contributed by atoms with Gasteiger partial charge in [0.05, 0.1) is 0 Å². The van der Waals surface area contributed by atoms with Gasteiger partial charge in [0.1, 0.15) is 0 Å². The van der Waals surface area contributed by atoms with Crippen LogP contribution in [0.5, 0.6) is 0 Å². The van der Waals surface area contributed by atoms with Crippen LogP contribution in [0.3, 0.4) is 0 Å². The Morgan fingerprint density at radius 3 is 2.29 bits per heavy atom. The molecule has 0 spiro atoms. The Bertz CT molecular complexity index is 793. The Balaban J connectivity index is 1.42. The first-order valence-corrected chi connectivity index (χ1v) is 10.3. The first kappa shape index (κ1) is 20.7. The monoisotopic (exact) mass is 400 g/mol. The molecule has 150 valence electrons. The fourth-order valence-corrected chi connectivity index (χ4v) is 3.70. The fraction of sp³-hybridized carbons (Fsp3) is 0.500. The summed E-state index contributed by atoms with van der Waals surface area (Å²) >= 11 is 6.14. The number of hydrogen-bond donors (Lipinski definition) is 0. The van der Waals surface area contributed by atoms with E-state index in [9.17, 15) is 4.79 Å². The number of Topliss-reactive ketones (excluding diaryl/α,β-unsaturated/α-hetero) is 1. The molecule has 28 heavy (non-hydrogen) atoms. The first-order chi connectivity index (χ1) is 13.3. The standard InChI is InChI=1S/C22H29ClN4O/c1-22(2,3)18-8-6-17(7-9-18)19(28)5-4-12-26-13-15-27(16-14-26)21-20(23)24-10-11-25-21/h6-11H,4-5,12-16H2,1-3H3. The minimum Gasteiger partial charge on any atom is -0.351 e. The number of aromatic nitrogens is 2. The van der Waals surface area contributed by atoms with E-state index in [1.807, 2.05) is 12.1 Å². The van der Waals surface area contributed by atoms with Crippen molar-refractivity contribution in [2.24, 2.45) is 0 Å². The summed E-state index contributed by atoms with van der Waals surface area (Å²) in [7, 11) is 0. The third-order valence-electron chi connectivity index (χ3n) is 5.26. The van der Waals surface area contributed by atoms with Crippen molar-refractivity contribution in [3.63, 3.8) is 0 Å². The third-order valence-corrected chi connectivity index (χ3v) is 5.53. The van der Waals surface area contributed by atoms with E-state index in [2.05, 4.69) is 52.7 Å². The zero-order valence-electron chi connectivity index (χ0n) is 17.0. The van der Waals surface area contributed by atoms with E-state index in [1.54, 1.807) is 12.4 Å². The number of nitrogens with zero attached hydrogens (tertiary/aromatic N) is 4. The molecule has 0 saturated carbocycles. The van der Waals surface area contributed by atoms with Gasteiger partial charge in [0, 0.05) is 50.6 Å². The number of carbonyl (C=O) groups is 1. The lowest BCUT2D eigenvalue weighted by Gasteiger charge is -2.35. The van der Waals surface area contributed by atoms with Crippen LogP contribution in [0.1, 0.15) is 49.5 Å². The van der Waals surface area contributed by atoms with E-state index < -0.39 is 0 Å². The number of anilines is 1. The highest BCUT2D eigenvalue weighted by Gasteiger charge is 2.20. The molecular formula is C22H29ClN4O. The van der Waals surface area contributed by atoms with Gasteiger partial charge in [-0.3, -0.25) is 9.69 Å². The average Bonchev–Trinajstić information content (AvgIpc) is 2.68. The summed E-state index contributed by atoms with van der Waals surface area (Å²) in [6, 6.07) is 8.08. The van der Waals surface area contributed by atoms with Crippen molar-refractivity contribution in [3.8, 4) is 0 Å². The smallest absolute Gasteiger partial charge is 0.171 e. The summed E-state index contributed by atoms with van der Waals surface area (Å²) in [5.74, 6) is 0.989. The van der Waals surface area contributed by atoms with E-state index >= 15 is 0 Å². The number of ketones is 1. The first-order valence-electron chi connectivity index (χ1n) is 9.92. The van der Waals surface area contributed by atoms with Crippen LogP contribution in [0, 0.1) is 0 Å². The minimum atomic E-state index is 0.110. The molecule has 0 bridgehead atoms. The molecular weight excluding hydrogens is 372 g/mol. The predicted molar refractivity (Wildman–Crippen MR) is 114 cm³/mol. The number of benzene rings is 1. The predicted octanol–water partition coefficient (Wildman–Crippen LogP) is 4.21. The molecule has 1 aliphatic heterocycles. The summed E-state index contributed by atoms with van der Waals surface area (Å²) < 4.78 is 0. The summed E-state index contributed by atoms with van der Waals surface area (Å²) in [6.45, 7) is 11.1. The van der Waals surface area contributed by atoms with Crippen molar-refractivity contribution < 1.29 is 4.79 Å². The molecule has 1 fully saturated rings. The summed E-state index contributed by atoms with van der Waals surface area (Å²) in [4.78, 5) is 25.5. The Hall–Kier alpha value is -1.98. The molecule has 3 rings (SSSR count). The van der Waals surface area contributed by atoms with Gasteiger partial charge in [-0.05, 0) is 23.9 Å². The molecule has 2 aromatic rings. The lowest BCUT2D eigenvalue weighted by Crippen LogP contribution is -2.47. The molecule has 1 aliphatic rings. The topological polar surface area (TPSA) is 49.3 Å². The maximum Gasteiger partial charge on any atom is 0.171 e. The zero-order chi connectivity index (χ0) is 20.1. The molecule has 6 heteroatoms. The quantitative estimate of drug-likeness (QED) is 0.679. The SMILES string of the molecule is CC(C)(C)c1ccc(C(=O)CCCN2CCN(c3nccnc3Cl)CC2)cc1. The van der Waals surface area contributed by atoms with Gasteiger partial charge in [-0.2, -0.15) is 0 Å². The number of hydrogen-bond acceptors (Lipinski definition) is 5. The molecule has 0 N–H and O–H groups in total. The van der Waals surface area contributed by atoms with Gasteiger partial charge in [-0.1, -0.05) is 56.6 Å². The van der Waals surface area contributed by atoms with Gasteiger partial charge >= 0.3 is 0 Å². The Kier molecular flexibility index (Phi) is 6.68. The third kappa shape index (κ3) is 5.30. The maximum atomic E-state index is 12.5. The average molecular weight is 401 g/mol. The summed E-state index contributed by atoms with van der Waals surface area (Å²) in [6.07, 6.45) is 4.75. The molecule has 1 aromatic heterocycles. The molecule has 0 aliphatic carbocycles. The van der Waals surface area contributed by atoms with E-state index in [4.69, 9.17) is 11.6 Å². The van der Waals surface area contributed by atoms with Gasteiger partial charge in [-0.15, -0.1) is 0 Å². The fourth-order valence-electron chi connectivity index (χ4n) is 3.47. The van der Waals surface area contributed by atoms with Crippen LogP contribution >= 0.6 is 11.6 Å². The lowest BCUT2D eigenvalue weighted by molar-refractivity contribution is 0.0974. The zero-order valence-corrected chi connectivity index (χ0v) is 17.7. The van der Waals surface area contributed by atoms with Crippen LogP contribution in [0.25, 0.3) is 0 Å². The molecule has 2 heterocycles. The molecule has 1 saturated heterocycles. The van der Waals surface area contributed by atoms with Crippen molar-refractivity contribution >= 4 is 23.2 Å². The van der Waals surface area contributed by atoms with E-state index in [-0.39, 0.29) is 11.2 Å². The number of carbonyl (C=O) groups excluding carboxylic acids is 1. The highest BCUT2D eigenvalue weighted by atomic mass is 35.5. The van der Waals surface area contributed by atoms with Crippen molar-refractivity contribution in [2.45, 2.75) is 39.0 Å². The van der Waals surface area contributed by atoms with Crippen LogP contribution in [0.2, 0.25) is 5.15 Å². The second kappa shape index (κ2) is 9.01. The molecule has 5 nitrogen and oxygen atoms in total. The summed E-state index contributed by atoms with van der Waals surface area (Å²) in [5.41, 5.74) is 2.18.